The molecule has 2 aromatic rings. The summed E-state index contributed by atoms with van der Waals surface area (Å²) in [7, 11) is 0. The predicted octanol–water partition coefficient (Wildman–Crippen LogP) is 1.12. The van der Waals surface area contributed by atoms with Crippen molar-refractivity contribution in [2.24, 2.45) is 0 Å². The number of hydrogen-bond donors (Lipinski definition) is 1. The molecule has 2 aromatic heterocycles. The zero-order chi connectivity index (χ0) is 13.8. The fourth-order valence-corrected chi connectivity index (χ4v) is 2.69. The smallest absolute Gasteiger partial charge is 0.266 e. The van der Waals surface area contributed by atoms with Crippen molar-refractivity contribution in [1.82, 2.24) is 15.1 Å². The van der Waals surface area contributed by atoms with Gasteiger partial charge in [0.05, 0.1) is 18.9 Å². The summed E-state index contributed by atoms with van der Waals surface area (Å²) in [5.41, 5.74) is 6.63. The number of anilines is 2. The molecule has 0 radical (unpaired) electrons. The fourth-order valence-electron chi connectivity index (χ4n) is 2.10. The van der Waals surface area contributed by atoms with Gasteiger partial charge in [-0.05, 0) is 18.0 Å². The fraction of sp³-hybridized carbons (Fsp3) is 0.583. The summed E-state index contributed by atoms with van der Waals surface area (Å²) in [6.45, 7) is 3.07. The summed E-state index contributed by atoms with van der Waals surface area (Å²) in [5, 5.41) is 6.63. The first kappa shape index (κ1) is 13.3. The van der Waals surface area contributed by atoms with E-state index in [0.717, 1.165) is 51.3 Å². The van der Waals surface area contributed by atoms with Crippen LogP contribution in [0.3, 0.4) is 0 Å². The van der Waals surface area contributed by atoms with Crippen LogP contribution in [0.15, 0.2) is 9.90 Å². The van der Waals surface area contributed by atoms with Crippen LogP contribution >= 0.6 is 11.3 Å². The van der Waals surface area contributed by atoms with Crippen LogP contribution in [0.5, 0.6) is 0 Å². The average molecular weight is 295 g/mol. The molecule has 0 aromatic carbocycles. The second-order valence-electron chi connectivity index (χ2n) is 4.62. The van der Waals surface area contributed by atoms with Crippen molar-refractivity contribution in [2.75, 3.05) is 36.9 Å². The Kier molecular flexibility index (Phi) is 4.12. The lowest BCUT2D eigenvalue weighted by atomic mass is 10.2. The molecule has 8 heteroatoms. The number of morpholine rings is 1. The first-order valence-electron chi connectivity index (χ1n) is 6.66. The van der Waals surface area contributed by atoms with Gasteiger partial charge in [0.25, 0.3) is 5.95 Å². The number of nitrogens with two attached hydrogens (primary N) is 1. The molecule has 0 atom stereocenters. The van der Waals surface area contributed by atoms with Crippen LogP contribution in [0.25, 0.3) is 0 Å². The Morgan fingerprint density at radius 3 is 2.85 bits per heavy atom. The highest BCUT2D eigenvalue weighted by atomic mass is 32.1. The third-order valence-corrected chi connectivity index (χ3v) is 3.87. The molecule has 2 N–H and O–H groups in total. The quantitative estimate of drug-likeness (QED) is 0.883. The van der Waals surface area contributed by atoms with Crippen molar-refractivity contribution >= 4 is 22.4 Å². The molecule has 108 valence electrons. The van der Waals surface area contributed by atoms with Crippen molar-refractivity contribution < 1.29 is 9.26 Å². The predicted molar refractivity (Wildman–Crippen MR) is 75.9 cm³/mol. The minimum atomic E-state index is 0.618. The molecule has 0 amide bonds. The lowest BCUT2D eigenvalue weighted by Gasteiger charge is -2.24. The molecule has 7 nitrogen and oxygen atoms in total. The zero-order valence-electron chi connectivity index (χ0n) is 11.1. The Balaban J connectivity index is 1.49. The van der Waals surface area contributed by atoms with E-state index in [1.165, 1.54) is 11.3 Å². The molecular weight excluding hydrogens is 278 g/mol. The summed E-state index contributed by atoms with van der Waals surface area (Å²) in [5.74, 6) is 1.34. The number of nitrogens with zero attached hydrogens (tertiary/aromatic N) is 4. The average Bonchev–Trinajstić information content (AvgIpc) is 3.09. The highest BCUT2D eigenvalue weighted by Crippen LogP contribution is 2.15. The molecule has 3 heterocycles. The summed E-state index contributed by atoms with van der Waals surface area (Å²) in [6, 6.07) is 0. The van der Waals surface area contributed by atoms with E-state index >= 15 is 0 Å². The van der Waals surface area contributed by atoms with Crippen LogP contribution < -0.4 is 10.6 Å². The number of nitrogen functional groups attached to an aromatic ring is 1. The molecule has 0 saturated carbocycles. The van der Waals surface area contributed by atoms with Gasteiger partial charge in [-0.25, -0.2) is 4.98 Å². The molecule has 1 aliphatic rings. The van der Waals surface area contributed by atoms with Gasteiger partial charge in [-0.2, -0.15) is 4.98 Å². The summed E-state index contributed by atoms with van der Waals surface area (Å²) >= 11 is 1.47. The molecule has 20 heavy (non-hydrogen) atoms. The molecule has 1 aliphatic heterocycles. The van der Waals surface area contributed by atoms with Crippen molar-refractivity contribution in [3.8, 4) is 0 Å². The highest BCUT2D eigenvalue weighted by Gasteiger charge is 2.16. The SMILES string of the molecule is Nc1nc(CCCc2nc(N3CCOCC3)no2)cs1. The number of ether oxygens (including phenoxy) is 1. The largest absolute Gasteiger partial charge is 0.378 e. The minimum absolute atomic E-state index is 0.618. The van der Waals surface area contributed by atoms with E-state index in [4.69, 9.17) is 15.0 Å². The van der Waals surface area contributed by atoms with Crippen molar-refractivity contribution in [1.29, 1.82) is 0 Å². The molecule has 0 spiro atoms. The van der Waals surface area contributed by atoms with Crippen LogP contribution in [0.2, 0.25) is 0 Å². The van der Waals surface area contributed by atoms with Crippen molar-refractivity contribution in [3.05, 3.63) is 17.0 Å². The normalized spacial score (nSPS) is 15.7. The number of hydrogen-bond acceptors (Lipinski definition) is 8. The van der Waals surface area contributed by atoms with Crippen LogP contribution in [0.1, 0.15) is 18.0 Å². The Morgan fingerprint density at radius 2 is 2.10 bits per heavy atom. The van der Waals surface area contributed by atoms with E-state index in [2.05, 4.69) is 20.0 Å². The lowest BCUT2D eigenvalue weighted by molar-refractivity contribution is 0.121. The Labute approximate surface area is 120 Å². The topological polar surface area (TPSA) is 90.3 Å². The van der Waals surface area contributed by atoms with E-state index in [-0.39, 0.29) is 0 Å². The highest BCUT2D eigenvalue weighted by molar-refractivity contribution is 7.13. The third kappa shape index (κ3) is 3.26. The van der Waals surface area contributed by atoms with Gasteiger partial charge in [0.15, 0.2) is 5.13 Å². The maximum Gasteiger partial charge on any atom is 0.266 e. The van der Waals surface area contributed by atoms with Crippen molar-refractivity contribution in [2.45, 2.75) is 19.3 Å². The van der Waals surface area contributed by atoms with E-state index in [0.29, 0.717) is 17.0 Å². The van der Waals surface area contributed by atoms with E-state index in [1.54, 1.807) is 0 Å². The molecule has 1 saturated heterocycles. The van der Waals surface area contributed by atoms with Gasteiger partial charge in [0.2, 0.25) is 5.89 Å². The zero-order valence-corrected chi connectivity index (χ0v) is 11.9. The molecule has 0 aliphatic carbocycles. The third-order valence-electron chi connectivity index (χ3n) is 3.14. The van der Waals surface area contributed by atoms with Crippen molar-refractivity contribution in [3.63, 3.8) is 0 Å². The second-order valence-corrected chi connectivity index (χ2v) is 5.51. The van der Waals surface area contributed by atoms with Crippen LogP contribution in [0, 0.1) is 0 Å². The summed E-state index contributed by atoms with van der Waals surface area (Å²) < 4.78 is 10.6. The van der Waals surface area contributed by atoms with E-state index in [1.807, 2.05) is 5.38 Å². The Hall–Kier alpha value is -1.67. The maximum absolute atomic E-state index is 5.60. The second kappa shape index (κ2) is 6.19. The molecular formula is C12H17N5O2S. The number of rotatable bonds is 5. The van der Waals surface area contributed by atoms with Crippen LogP contribution in [0.4, 0.5) is 11.1 Å². The monoisotopic (exact) mass is 295 g/mol. The van der Waals surface area contributed by atoms with Gasteiger partial charge in [-0.15, -0.1) is 11.3 Å². The minimum Gasteiger partial charge on any atom is -0.378 e. The number of aryl methyl sites for hydroxylation is 2. The summed E-state index contributed by atoms with van der Waals surface area (Å²) in [6.07, 6.45) is 2.56. The Bertz CT molecular complexity index is 550. The first-order chi connectivity index (χ1) is 9.81. The summed E-state index contributed by atoms with van der Waals surface area (Å²) in [4.78, 5) is 10.7. The molecule has 0 bridgehead atoms. The first-order valence-corrected chi connectivity index (χ1v) is 7.54. The molecule has 1 fully saturated rings. The molecule has 3 rings (SSSR count). The maximum atomic E-state index is 5.60. The van der Waals surface area contributed by atoms with Gasteiger partial charge >= 0.3 is 0 Å². The lowest BCUT2D eigenvalue weighted by Crippen LogP contribution is -2.36. The van der Waals surface area contributed by atoms with Gasteiger partial charge < -0.3 is 19.9 Å². The number of thiazole rings is 1. The van der Waals surface area contributed by atoms with Gasteiger partial charge in [-0.3, -0.25) is 0 Å². The van der Waals surface area contributed by atoms with Gasteiger partial charge in [0, 0.05) is 24.9 Å². The van der Waals surface area contributed by atoms with Crippen LogP contribution in [-0.4, -0.2) is 41.4 Å². The van der Waals surface area contributed by atoms with E-state index in [9.17, 15) is 0 Å². The van der Waals surface area contributed by atoms with Crippen LogP contribution in [-0.2, 0) is 17.6 Å². The van der Waals surface area contributed by atoms with E-state index < -0.39 is 0 Å². The molecule has 0 unspecified atom stereocenters. The van der Waals surface area contributed by atoms with Gasteiger partial charge in [0.1, 0.15) is 0 Å². The number of aromatic nitrogens is 3. The standard InChI is InChI=1S/C12H17N5O2S/c13-11-14-9(8-20-11)2-1-3-10-15-12(16-19-10)17-4-6-18-7-5-17/h8H,1-7H2,(H2,13,14). The Morgan fingerprint density at radius 1 is 1.25 bits per heavy atom. The van der Waals surface area contributed by atoms with Gasteiger partial charge in [-0.1, -0.05) is 0 Å².